The van der Waals surface area contributed by atoms with Gasteiger partial charge < -0.3 is 20.1 Å². The Balaban J connectivity index is 2.30. The van der Waals surface area contributed by atoms with Gasteiger partial charge in [0.25, 0.3) is 0 Å². The number of ether oxygens (including phenoxy) is 1. The molecule has 0 aromatic carbocycles. The molecule has 2 aliphatic rings. The molecule has 3 N–H and O–H groups in total. The zero-order valence-corrected chi connectivity index (χ0v) is 21.6. The number of nitrogens with zero attached hydrogens (tertiary/aromatic N) is 1. The highest BCUT2D eigenvalue weighted by Crippen LogP contribution is 2.37. The molecule has 1 aliphatic carbocycles. The van der Waals surface area contributed by atoms with Gasteiger partial charge in [-0.25, -0.2) is 0 Å². The molecule has 0 spiro atoms. The first-order valence-electron chi connectivity index (χ1n) is 13.1. The van der Waals surface area contributed by atoms with E-state index in [-0.39, 0.29) is 29.7 Å². The number of nitriles is 1. The largest absolute Gasteiger partial charge is 0.481 e. The Morgan fingerprint density at radius 3 is 2.34 bits per heavy atom. The smallest absolute Gasteiger partial charge is 0.308 e. The molecular weight excluding hydrogens is 446 g/mol. The van der Waals surface area contributed by atoms with Crippen LogP contribution < -0.4 is 0 Å². The predicted octanol–water partition coefficient (Wildman–Crippen LogP) is 4.64. The number of hydrogen-bond acceptors (Lipinski definition) is 6. The van der Waals surface area contributed by atoms with Gasteiger partial charge in [-0.05, 0) is 61.9 Å². The summed E-state index contributed by atoms with van der Waals surface area (Å²) in [6.45, 7) is 8.16. The summed E-state index contributed by atoms with van der Waals surface area (Å²) in [5.41, 5.74) is 0.282. The van der Waals surface area contributed by atoms with Gasteiger partial charge in [0.2, 0.25) is 0 Å². The van der Waals surface area contributed by atoms with E-state index in [0.29, 0.717) is 31.1 Å². The number of carboxylic acids is 1. The van der Waals surface area contributed by atoms with E-state index in [4.69, 9.17) is 4.74 Å². The number of aliphatic hydroxyl groups excluding tert-OH is 2. The molecule has 35 heavy (non-hydrogen) atoms. The van der Waals surface area contributed by atoms with Crippen LogP contribution in [0, 0.1) is 46.8 Å². The Morgan fingerprint density at radius 1 is 1.06 bits per heavy atom. The molecule has 1 fully saturated rings. The number of aliphatic hydroxyl groups is 2. The molecule has 196 valence electrons. The van der Waals surface area contributed by atoms with E-state index in [0.717, 1.165) is 25.7 Å². The molecule has 1 saturated carbocycles. The topological polar surface area (TPSA) is 128 Å². The summed E-state index contributed by atoms with van der Waals surface area (Å²) in [4.78, 5) is 24.5. The second-order valence-corrected chi connectivity index (χ2v) is 11.1. The van der Waals surface area contributed by atoms with E-state index in [1.165, 1.54) is 0 Å². The van der Waals surface area contributed by atoms with E-state index >= 15 is 0 Å². The SMILES string of the molecule is C[C@@H]1C[C@H](C)C[C@H](C)[C@@H](O)CC(=O)O[C@H]([C@@H]2CCC[C@H]2C(=O)O)CC=CC=C(C#N)[C@@H](O)[C@@H](C)C1. The fourth-order valence-corrected chi connectivity index (χ4v) is 5.97. The highest BCUT2D eigenvalue weighted by atomic mass is 16.5. The predicted molar refractivity (Wildman–Crippen MR) is 133 cm³/mol. The Kier molecular flexibility index (Phi) is 11.5. The lowest BCUT2D eigenvalue weighted by atomic mass is 9.82. The van der Waals surface area contributed by atoms with Crippen molar-refractivity contribution in [2.75, 3.05) is 0 Å². The molecule has 0 bridgehead atoms. The minimum absolute atomic E-state index is 0.0816. The van der Waals surface area contributed by atoms with Gasteiger partial charge in [-0.15, -0.1) is 0 Å². The van der Waals surface area contributed by atoms with E-state index in [2.05, 4.69) is 19.9 Å². The Bertz CT molecular complexity index is 815. The first kappa shape index (κ1) is 29.1. The highest BCUT2D eigenvalue weighted by Gasteiger charge is 2.39. The van der Waals surface area contributed by atoms with Crippen LogP contribution in [0.25, 0.3) is 0 Å². The van der Waals surface area contributed by atoms with Gasteiger partial charge in [-0.2, -0.15) is 5.26 Å². The van der Waals surface area contributed by atoms with Gasteiger partial charge >= 0.3 is 11.9 Å². The number of carboxylic acid groups (broad SMARTS) is 1. The standard InChI is InChI=1S/C28H43NO6/c1-17-12-18(2)14-20(4)27(32)21(16-29)8-5-6-11-25(22-9-7-10-23(22)28(33)34)35-26(31)15-24(30)19(3)13-17/h5-6,8,17-20,22-25,27,30,32H,7,9-15H2,1-4H3,(H,33,34)/t17-,18+,19-,20-,22+,23+,24-,25-,27-/m0/s1. The van der Waals surface area contributed by atoms with Crippen molar-refractivity contribution in [3.8, 4) is 6.07 Å². The Morgan fingerprint density at radius 2 is 1.71 bits per heavy atom. The van der Waals surface area contributed by atoms with Crippen LogP contribution in [0.15, 0.2) is 23.8 Å². The quantitative estimate of drug-likeness (QED) is 0.482. The molecule has 0 saturated heterocycles. The minimum atomic E-state index is -0.882. The normalized spacial score (nSPS) is 38.5. The van der Waals surface area contributed by atoms with Crippen molar-refractivity contribution < 1.29 is 29.6 Å². The van der Waals surface area contributed by atoms with Crippen LogP contribution in [-0.4, -0.2) is 45.6 Å². The average Bonchev–Trinajstić information content (AvgIpc) is 3.27. The Hall–Kier alpha value is -2.17. The third kappa shape index (κ3) is 8.77. The maximum absolute atomic E-state index is 12.7. The van der Waals surface area contributed by atoms with Crippen molar-refractivity contribution in [3.05, 3.63) is 23.8 Å². The van der Waals surface area contributed by atoms with E-state index in [9.17, 15) is 30.2 Å². The average molecular weight is 490 g/mol. The fourth-order valence-electron chi connectivity index (χ4n) is 5.97. The van der Waals surface area contributed by atoms with Gasteiger partial charge in [0, 0.05) is 12.3 Å². The van der Waals surface area contributed by atoms with Gasteiger partial charge in [0.1, 0.15) is 6.10 Å². The zero-order valence-electron chi connectivity index (χ0n) is 21.6. The van der Waals surface area contributed by atoms with Crippen LogP contribution in [0.2, 0.25) is 0 Å². The molecule has 1 aliphatic heterocycles. The van der Waals surface area contributed by atoms with Crippen molar-refractivity contribution >= 4 is 11.9 Å². The lowest BCUT2D eigenvalue weighted by Gasteiger charge is -2.28. The lowest BCUT2D eigenvalue weighted by Crippen LogP contribution is -2.34. The molecule has 0 amide bonds. The first-order valence-corrected chi connectivity index (χ1v) is 13.1. The molecule has 7 heteroatoms. The molecular formula is C28H43NO6. The van der Waals surface area contributed by atoms with Gasteiger partial charge in [0.05, 0.1) is 36.2 Å². The number of carbonyl (C=O) groups excluding carboxylic acids is 1. The molecule has 0 aromatic heterocycles. The summed E-state index contributed by atoms with van der Waals surface area (Å²) in [6, 6.07) is 2.10. The number of allylic oxidation sites excluding steroid dienone is 2. The van der Waals surface area contributed by atoms with Crippen LogP contribution in [0.5, 0.6) is 0 Å². The summed E-state index contributed by atoms with van der Waals surface area (Å²) in [7, 11) is 0. The third-order valence-corrected chi connectivity index (χ3v) is 7.80. The van der Waals surface area contributed by atoms with E-state index < -0.39 is 36.2 Å². The van der Waals surface area contributed by atoms with E-state index in [1.807, 2.05) is 13.8 Å². The van der Waals surface area contributed by atoms with Crippen molar-refractivity contribution in [1.82, 2.24) is 0 Å². The van der Waals surface area contributed by atoms with Gasteiger partial charge in [0.15, 0.2) is 0 Å². The number of aliphatic carboxylic acids is 1. The molecule has 1 heterocycles. The van der Waals surface area contributed by atoms with Crippen LogP contribution in [-0.2, 0) is 14.3 Å². The molecule has 2 rings (SSSR count). The highest BCUT2D eigenvalue weighted by molar-refractivity contribution is 5.72. The molecule has 7 nitrogen and oxygen atoms in total. The van der Waals surface area contributed by atoms with Crippen molar-refractivity contribution in [3.63, 3.8) is 0 Å². The molecule has 0 radical (unpaired) electrons. The van der Waals surface area contributed by atoms with E-state index in [1.54, 1.807) is 18.2 Å². The van der Waals surface area contributed by atoms with Crippen LogP contribution >= 0.6 is 0 Å². The lowest BCUT2D eigenvalue weighted by molar-refractivity contribution is -0.159. The van der Waals surface area contributed by atoms with Crippen LogP contribution in [0.1, 0.15) is 79.1 Å². The summed E-state index contributed by atoms with van der Waals surface area (Å²) in [5, 5.41) is 40.6. The monoisotopic (exact) mass is 489 g/mol. The van der Waals surface area contributed by atoms with Crippen molar-refractivity contribution in [2.24, 2.45) is 35.5 Å². The second kappa shape index (κ2) is 13.8. The van der Waals surface area contributed by atoms with Crippen molar-refractivity contribution in [1.29, 1.82) is 5.26 Å². The van der Waals surface area contributed by atoms with Gasteiger partial charge in [-0.3, -0.25) is 9.59 Å². The number of esters is 1. The summed E-state index contributed by atoms with van der Waals surface area (Å²) < 4.78 is 5.77. The minimum Gasteiger partial charge on any atom is -0.481 e. The number of carbonyl (C=O) groups is 2. The fraction of sp³-hybridized carbons (Fsp3) is 0.750. The zero-order chi connectivity index (χ0) is 26.1. The van der Waals surface area contributed by atoms with Crippen molar-refractivity contribution in [2.45, 2.75) is 97.4 Å². The Labute approximate surface area is 209 Å². The number of hydrogen-bond donors (Lipinski definition) is 3. The third-order valence-electron chi connectivity index (χ3n) is 7.80. The number of cyclic esters (lactones) is 1. The maximum Gasteiger partial charge on any atom is 0.308 e. The van der Waals surface area contributed by atoms with Crippen LogP contribution in [0.3, 0.4) is 0 Å². The molecule has 0 unspecified atom stereocenters. The maximum atomic E-state index is 12.7. The van der Waals surface area contributed by atoms with Crippen LogP contribution in [0.4, 0.5) is 0 Å². The summed E-state index contributed by atoms with van der Waals surface area (Å²) in [5.74, 6) is -1.77. The first-order chi connectivity index (χ1) is 16.5. The summed E-state index contributed by atoms with van der Waals surface area (Å²) >= 11 is 0. The second-order valence-electron chi connectivity index (χ2n) is 11.1. The van der Waals surface area contributed by atoms with Gasteiger partial charge in [-0.1, -0.05) is 46.3 Å². The number of rotatable bonds is 2. The molecule has 9 atom stereocenters. The molecule has 0 aromatic rings. The summed E-state index contributed by atoms with van der Waals surface area (Å²) in [6.07, 6.45) is 7.33.